The van der Waals surface area contributed by atoms with E-state index in [0.29, 0.717) is 0 Å². The molecule has 0 radical (unpaired) electrons. The zero-order valence-corrected chi connectivity index (χ0v) is 7.53. The number of hydrogen-bond acceptors (Lipinski definition) is 2. The number of nitrogens with one attached hydrogen (secondary N) is 1. The van der Waals surface area contributed by atoms with Gasteiger partial charge in [0.05, 0.1) is 0 Å². The molecule has 2 heteroatoms. The lowest BCUT2D eigenvalue weighted by molar-refractivity contribution is 0.230. The summed E-state index contributed by atoms with van der Waals surface area (Å²) < 4.78 is 0. The summed E-state index contributed by atoms with van der Waals surface area (Å²) >= 11 is 0. The third-order valence-corrected chi connectivity index (χ3v) is 2.58. The first-order chi connectivity index (χ1) is 5.27. The molecule has 1 aliphatic carbocycles. The predicted molar refractivity (Wildman–Crippen MR) is 48.5 cm³/mol. The van der Waals surface area contributed by atoms with Crippen LogP contribution in [0.25, 0.3) is 0 Å². The van der Waals surface area contributed by atoms with Crippen LogP contribution in [0.15, 0.2) is 0 Å². The van der Waals surface area contributed by atoms with Crippen molar-refractivity contribution in [2.75, 3.05) is 13.1 Å². The highest BCUT2D eigenvalue weighted by molar-refractivity contribution is 4.92. The van der Waals surface area contributed by atoms with Gasteiger partial charge in [0.25, 0.3) is 0 Å². The molecule has 0 amide bonds. The van der Waals surface area contributed by atoms with Crippen molar-refractivity contribution in [1.29, 1.82) is 0 Å². The zero-order chi connectivity index (χ0) is 8.16. The average molecular weight is 156 g/mol. The van der Waals surface area contributed by atoms with Crippen molar-refractivity contribution in [1.82, 2.24) is 5.32 Å². The maximum absolute atomic E-state index is 6.05. The molecule has 0 heterocycles. The zero-order valence-electron chi connectivity index (χ0n) is 7.53. The van der Waals surface area contributed by atoms with Gasteiger partial charge >= 0.3 is 0 Å². The third kappa shape index (κ3) is 2.80. The predicted octanol–water partition coefficient (Wildman–Crippen LogP) is 1.26. The minimum absolute atomic E-state index is 0.209. The fourth-order valence-corrected chi connectivity index (χ4v) is 1.52. The van der Waals surface area contributed by atoms with E-state index in [1.54, 1.807) is 0 Å². The highest BCUT2D eigenvalue weighted by atomic mass is 14.9. The second kappa shape index (κ2) is 4.07. The van der Waals surface area contributed by atoms with Gasteiger partial charge in [0, 0.05) is 5.54 Å². The van der Waals surface area contributed by atoms with Crippen molar-refractivity contribution in [3.8, 4) is 0 Å². The Morgan fingerprint density at radius 3 is 2.55 bits per heavy atom. The van der Waals surface area contributed by atoms with Gasteiger partial charge in [-0.1, -0.05) is 6.92 Å². The Bertz CT molecular complexity index is 108. The lowest BCUT2D eigenvalue weighted by Crippen LogP contribution is -2.48. The normalized spacial score (nSPS) is 21.3. The molecular weight excluding hydrogens is 136 g/mol. The Morgan fingerprint density at radius 2 is 2.09 bits per heavy atom. The Labute approximate surface area is 69.5 Å². The van der Waals surface area contributed by atoms with Gasteiger partial charge < -0.3 is 11.1 Å². The molecule has 0 aromatic carbocycles. The Kier molecular flexibility index (Phi) is 3.34. The van der Waals surface area contributed by atoms with Gasteiger partial charge in [-0.2, -0.15) is 0 Å². The molecule has 0 saturated heterocycles. The van der Waals surface area contributed by atoms with Crippen molar-refractivity contribution < 1.29 is 0 Å². The summed E-state index contributed by atoms with van der Waals surface area (Å²) in [4.78, 5) is 0. The van der Waals surface area contributed by atoms with E-state index < -0.39 is 0 Å². The molecule has 1 fully saturated rings. The van der Waals surface area contributed by atoms with Crippen molar-refractivity contribution >= 4 is 0 Å². The largest absolute Gasteiger partial charge is 0.325 e. The molecule has 66 valence electrons. The molecular formula is C9H20N2. The first-order valence-corrected chi connectivity index (χ1v) is 4.76. The Hall–Kier alpha value is -0.0800. The van der Waals surface area contributed by atoms with Gasteiger partial charge in [0.1, 0.15) is 0 Å². The van der Waals surface area contributed by atoms with Crippen LogP contribution in [-0.2, 0) is 0 Å². The molecule has 0 atom stereocenters. The van der Waals surface area contributed by atoms with Crippen molar-refractivity contribution in [3.05, 3.63) is 0 Å². The van der Waals surface area contributed by atoms with Gasteiger partial charge in [-0.15, -0.1) is 0 Å². The minimum atomic E-state index is 0.209. The van der Waals surface area contributed by atoms with Crippen LogP contribution in [0.1, 0.15) is 39.0 Å². The topological polar surface area (TPSA) is 38.0 Å². The molecule has 0 aromatic rings. The molecule has 2 nitrogen and oxygen atoms in total. The van der Waals surface area contributed by atoms with E-state index in [-0.39, 0.29) is 5.54 Å². The maximum Gasteiger partial charge on any atom is 0.0166 e. The van der Waals surface area contributed by atoms with Gasteiger partial charge in [0.15, 0.2) is 0 Å². The van der Waals surface area contributed by atoms with E-state index in [9.17, 15) is 0 Å². The fraction of sp³-hybridized carbons (Fsp3) is 1.00. The van der Waals surface area contributed by atoms with E-state index in [4.69, 9.17) is 5.73 Å². The van der Waals surface area contributed by atoms with Crippen LogP contribution in [-0.4, -0.2) is 18.6 Å². The van der Waals surface area contributed by atoms with E-state index in [2.05, 4.69) is 12.2 Å². The van der Waals surface area contributed by atoms with Crippen molar-refractivity contribution in [3.63, 3.8) is 0 Å². The maximum atomic E-state index is 6.05. The summed E-state index contributed by atoms with van der Waals surface area (Å²) in [5.74, 6) is 0. The second-order valence-corrected chi connectivity index (χ2v) is 3.72. The first kappa shape index (κ1) is 9.01. The smallest absolute Gasteiger partial charge is 0.0166 e. The van der Waals surface area contributed by atoms with E-state index in [1.807, 2.05) is 0 Å². The molecule has 0 aromatic heterocycles. The van der Waals surface area contributed by atoms with Crippen LogP contribution in [0.2, 0.25) is 0 Å². The quantitative estimate of drug-likeness (QED) is 0.588. The highest BCUT2D eigenvalue weighted by Gasteiger charge is 2.31. The second-order valence-electron chi connectivity index (χ2n) is 3.72. The number of rotatable bonds is 5. The standard InChI is InChI=1S/C9H20N2/c1-2-7-11-8-6-9(10)4-3-5-9/h11H,2-8,10H2,1H3. The summed E-state index contributed by atoms with van der Waals surface area (Å²) in [7, 11) is 0. The van der Waals surface area contributed by atoms with E-state index in [1.165, 1.54) is 25.7 Å². The van der Waals surface area contributed by atoms with E-state index in [0.717, 1.165) is 19.5 Å². The third-order valence-electron chi connectivity index (χ3n) is 2.58. The summed E-state index contributed by atoms with van der Waals surface area (Å²) in [6.07, 6.45) is 6.19. The summed E-state index contributed by atoms with van der Waals surface area (Å²) in [6, 6.07) is 0. The molecule has 11 heavy (non-hydrogen) atoms. The van der Waals surface area contributed by atoms with Crippen LogP contribution >= 0.6 is 0 Å². The van der Waals surface area contributed by atoms with E-state index >= 15 is 0 Å². The van der Waals surface area contributed by atoms with Crippen LogP contribution in [0.4, 0.5) is 0 Å². The minimum Gasteiger partial charge on any atom is -0.325 e. The van der Waals surface area contributed by atoms with Crippen molar-refractivity contribution in [2.45, 2.75) is 44.6 Å². The van der Waals surface area contributed by atoms with Gasteiger partial charge in [0.2, 0.25) is 0 Å². The molecule has 1 aliphatic rings. The molecule has 0 unspecified atom stereocenters. The molecule has 1 saturated carbocycles. The average Bonchev–Trinajstić information content (AvgIpc) is 1.95. The summed E-state index contributed by atoms with van der Waals surface area (Å²) in [5.41, 5.74) is 6.25. The highest BCUT2D eigenvalue weighted by Crippen LogP contribution is 2.31. The monoisotopic (exact) mass is 156 g/mol. The first-order valence-electron chi connectivity index (χ1n) is 4.76. The number of hydrogen-bond donors (Lipinski definition) is 2. The Balaban J connectivity index is 1.94. The van der Waals surface area contributed by atoms with Crippen LogP contribution < -0.4 is 11.1 Å². The molecule has 1 rings (SSSR count). The molecule has 0 aliphatic heterocycles. The molecule has 3 N–H and O–H groups in total. The van der Waals surface area contributed by atoms with Crippen LogP contribution in [0.5, 0.6) is 0 Å². The van der Waals surface area contributed by atoms with Crippen LogP contribution in [0, 0.1) is 0 Å². The Morgan fingerprint density at radius 1 is 1.36 bits per heavy atom. The SMILES string of the molecule is CCCNCCC1(N)CCC1. The fourth-order valence-electron chi connectivity index (χ4n) is 1.52. The molecule has 0 spiro atoms. The molecule has 0 bridgehead atoms. The van der Waals surface area contributed by atoms with Gasteiger partial charge in [-0.25, -0.2) is 0 Å². The lowest BCUT2D eigenvalue weighted by Gasteiger charge is -2.38. The lowest BCUT2D eigenvalue weighted by atomic mass is 9.75. The van der Waals surface area contributed by atoms with Crippen LogP contribution in [0.3, 0.4) is 0 Å². The van der Waals surface area contributed by atoms with Crippen molar-refractivity contribution in [2.24, 2.45) is 5.73 Å². The van der Waals surface area contributed by atoms with Gasteiger partial charge in [-0.05, 0) is 45.2 Å². The summed E-state index contributed by atoms with van der Waals surface area (Å²) in [6.45, 7) is 4.43. The summed E-state index contributed by atoms with van der Waals surface area (Å²) in [5, 5.41) is 3.38. The van der Waals surface area contributed by atoms with Gasteiger partial charge in [-0.3, -0.25) is 0 Å². The number of nitrogens with two attached hydrogens (primary N) is 1.